The van der Waals surface area contributed by atoms with Crippen LogP contribution in [0.3, 0.4) is 0 Å². The van der Waals surface area contributed by atoms with Gasteiger partial charge in [0.05, 0.1) is 6.61 Å². The van der Waals surface area contributed by atoms with Crippen LogP contribution in [0.4, 0.5) is 0 Å². The van der Waals surface area contributed by atoms with Crippen LogP contribution in [-0.4, -0.2) is 25.0 Å². The zero-order valence-electron chi connectivity index (χ0n) is 11.5. The van der Waals surface area contributed by atoms with E-state index in [0.29, 0.717) is 0 Å². The van der Waals surface area contributed by atoms with Gasteiger partial charge in [-0.3, -0.25) is 0 Å². The number of hydrogen-bond acceptors (Lipinski definition) is 3. The molecule has 0 aromatic heterocycles. The molecule has 4 heteroatoms. The smallest absolute Gasteiger partial charge is 0.0587 e. The summed E-state index contributed by atoms with van der Waals surface area (Å²) in [6.07, 6.45) is 0. The van der Waals surface area contributed by atoms with E-state index in [4.69, 9.17) is 4.74 Å². The first-order valence-corrected chi connectivity index (χ1v) is 7.70. The number of thioether (sulfide) groups is 1. The highest BCUT2D eigenvalue weighted by Crippen LogP contribution is 2.35. The van der Waals surface area contributed by atoms with Gasteiger partial charge in [0.15, 0.2) is 0 Å². The molecule has 0 fully saturated rings. The highest BCUT2D eigenvalue weighted by Gasteiger charge is 2.15. The van der Waals surface area contributed by atoms with Crippen molar-refractivity contribution in [2.75, 3.05) is 20.3 Å². The Morgan fingerprint density at radius 3 is 2.67 bits per heavy atom. The average Bonchev–Trinajstić information content (AvgIpc) is 2.24. The second-order valence-electron chi connectivity index (χ2n) is 5.14. The van der Waals surface area contributed by atoms with Crippen molar-refractivity contribution in [3.63, 3.8) is 0 Å². The van der Waals surface area contributed by atoms with Crippen molar-refractivity contribution in [1.82, 2.24) is 5.32 Å². The summed E-state index contributed by atoms with van der Waals surface area (Å²) in [5, 5.41) is 3.39. The van der Waals surface area contributed by atoms with Gasteiger partial charge in [-0.15, -0.1) is 11.8 Å². The van der Waals surface area contributed by atoms with E-state index >= 15 is 0 Å². The lowest BCUT2D eigenvalue weighted by atomic mass is 10.2. The van der Waals surface area contributed by atoms with Crippen molar-refractivity contribution >= 4 is 27.7 Å². The van der Waals surface area contributed by atoms with Gasteiger partial charge in [0, 0.05) is 34.3 Å². The van der Waals surface area contributed by atoms with Crippen molar-refractivity contribution < 1.29 is 4.74 Å². The largest absolute Gasteiger partial charge is 0.383 e. The molecule has 0 aliphatic rings. The first-order chi connectivity index (χ1) is 8.42. The Kier molecular flexibility index (Phi) is 6.71. The topological polar surface area (TPSA) is 21.3 Å². The number of ether oxygens (including phenoxy) is 1. The Morgan fingerprint density at radius 1 is 1.33 bits per heavy atom. The maximum Gasteiger partial charge on any atom is 0.0587 e. The van der Waals surface area contributed by atoms with Crippen LogP contribution < -0.4 is 5.32 Å². The predicted octanol–water partition coefficient (Wildman–Crippen LogP) is 4.08. The first-order valence-electron chi connectivity index (χ1n) is 6.09. The molecule has 18 heavy (non-hydrogen) atoms. The molecule has 0 heterocycles. The van der Waals surface area contributed by atoms with Crippen LogP contribution >= 0.6 is 27.7 Å². The second kappa shape index (κ2) is 7.53. The summed E-state index contributed by atoms with van der Waals surface area (Å²) in [6, 6.07) is 6.47. The first kappa shape index (κ1) is 16.0. The van der Waals surface area contributed by atoms with Gasteiger partial charge in [-0.25, -0.2) is 0 Å². The van der Waals surface area contributed by atoms with Gasteiger partial charge in [-0.05, 0) is 17.7 Å². The van der Waals surface area contributed by atoms with Crippen LogP contribution in [0.1, 0.15) is 26.3 Å². The SMILES string of the molecule is COCCNCc1ccc(Br)cc1SC(C)(C)C. The van der Waals surface area contributed by atoms with Gasteiger partial charge >= 0.3 is 0 Å². The molecule has 1 aromatic carbocycles. The number of halogens is 1. The number of benzene rings is 1. The molecule has 0 bridgehead atoms. The minimum absolute atomic E-state index is 0.224. The van der Waals surface area contributed by atoms with Crippen LogP contribution in [0.15, 0.2) is 27.6 Å². The molecular weight excluding hydrogens is 310 g/mol. The molecule has 0 saturated heterocycles. The lowest BCUT2D eigenvalue weighted by molar-refractivity contribution is 0.199. The van der Waals surface area contributed by atoms with E-state index < -0.39 is 0 Å². The molecule has 0 aliphatic heterocycles. The zero-order valence-corrected chi connectivity index (χ0v) is 14.0. The lowest BCUT2D eigenvalue weighted by Crippen LogP contribution is -2.19. The van der Waals surface area contributed by atoms with Crippen LogP contribution in [0.25, 0.3) is 0 Å². The molecule has 0 atom stereocenters. The number of hydrogen-bond donors (Lipinski definition) is 1. The van der Waals surface area contributed by atoms with E-state index in [1.807, 2.05) is 11.8 Å². The van der Waals surface area contributed by atoms with Crippen molar-refractivity contribution in [3.05, 3.63) is 28.2 Å². The summed E-state index contributed by atoms with van der Waals surface area (Å²) < 4.78 is 6.39. The molecule has 0 spiro atoms. The summed E-state index contributed by atoms with van der Waals surface area (Å²) in [6.45, 7) is 9.22. The molecular formula is C14H22BrNOS. The maximum absolute atomic E-state index is 5.03. The monoisotopic (exact) mass is 331 g/mol. The van der Waals surface area contributed by atoms with Crippen LogP contribution in [0.5, 0.6) is 0 Å². The second-order valence-corrected chi connectivity index (χ2v) is 7.92. The predicted molar refractivity (Wildman–Crippen MR) is 83.3 cm³/mol. The molecule has 0 radical (unpaired) electrons. The van der Waals surface area contributed by atoms with Gasteiger partial charge in [0.2, 0.25) is 0 Å². The van der Waals surface area contributed by atoms with Crippen molar-refractivity contribution in [1.29, 1.82) is 0 Å². The minimum atomic E-state index is 0.224. The van der Waals surface area contributed by atoms with Gasteiger partial charge in [-0.2, -0.15) is 0 Å². The van der Waals surface area contributed by atoms with E-state index in [0.717, 1.165) is 24.2 Å². The molecule has 102 valence electrons. The van der Waals surface area contributed by atoms with Gasteiger partial charge in [0.25, 0.3) is 0 Å². The summed E-state index contributed by atoms with van der Waals surface area (Å²) >= 11 is 5.45. The van der Waals surface area contributed by atoms with E-state index in [9.17, 15) is 0 Å². The van der Waals surface area contributed by atoms with Crippen LogP contribution in [-0.2, 0) is 11.3 Å². The third kappa shape index (κ3) is 6.23. The maximum atomic E-state index is 5.03. The molecule has 0 unspecified atom stereocenters. The van der Waals surface area contributed by atoms with Gasteiger partial charge in [0.1, 0.15) is 0 Å². The molecule has 0 amide bonds. The fourth-order valence-corrected chi connectivity index (χ4v) is 3.13. The molecule has 0 aliphatic carbocycles. The Morgan fingerprint density at radius 2 is 2.06 bits per heavy atom. The Hall–Kier alpha value is -0.0300. The number of rotatable bonds is 6. The normalized spacial score (nSPS) is 11.8. The lowest BCUT2D eigenvalue weighted by Gasteiger charge is -2.20. The van der Waals surface area contributed by atoms with Gasteiger partial charge in [-0.1, -0.05) is 42.8 Å². The third-order valence-corrected chi connectivity index (χ3v) is 3.95. The van der Waals surface area contributed by atoms with Crippen LogP contribution in [0, 0.1) is 0 Å². The van der Waals surface area contributed by atoms with Gasteiger partial charge < -0.3 is 10.1 Å². The average molecular weight is 332 g/mol. The Labute approximate surface area is 123 Å². The zero-order chi connectivity index (χ0) is 13.6. The summed E-state index contributed by atoms with van der Waals surface area (Å²) in [5.41, 5.74) is 1.34. The standard InChI is InChI=1S/C14H22BrNOS/c1-14(2,3)18-13-9-12(15)6-5-11(13)10-16-7-8-17-4/h5-6,9,16H,7-8,10H2,1-4H3. The van der Waals surface area contributed by atoms with E-state index in [1.165, 1.54) is 10.5 Å². The minimum Gasteiger partial charge on any atom is -0.383 e. The number of nitrogens with one attached hydrogen (secondary N) is 1. The Balaban J connectivity index is 2.70. The van der Waals surface area contributed by atoms with E-state index in [-0.39, 0.29) is 4.75 Å². The van der Waals surface area contributed by atoms with Crippen molar-refractivity contribution in [2.24, 2.45) is 0 Å². The summed E-state index contributed by atoms with van der Waals surface area (Å²) in [5.74, 6) is 0. The number of methoxy groups -OCH3 is 1. The molecule has 1 N–H and O–H groups in total. The molecule has 2 nitrogen and oxygen atoms in total. The molecule has 1 rings (SSSR count). The highest BCUT2D eigenvalue weighted by molar-refractivity contribution is 9.10. The quantitative estimate of drug-likeness (QED) is 0.627. The highest BCUT2D eigenvalue weighted by atomic mass is 79.9. The fraction of sp³-hybridized carbons (Fsp3) is 0.571. The van der Waals surface area contributed by atoms with E-state index in [1.54, 1.807) is 7.11 Å². The van der Waals surface area contributed by atoms with Crippen molar-refractivity contribution in [3.8, 4) is 0 Å². The molecule has 1 aromatic rings. The van der Waals surface area contributed by atoms with Crippen LogP contribution in [0.2, 0.25) is 0 Å². The summed E-state index contributed by atoms with van der Waals surface area (Å²) in [7, 11) is 1.72. The third-order valence-electron chi connectivity index (χ3n) is 2.24. The molecule has 0 saturated carbocycles. The summed E-state index contributed by atoms with van der Waals surface area (Å²) in [4.78, 5) is 1.33. The fourth-order valence-electron chi connectivity index (χ4n) is 1.50. The van der Waals surface area contributed by atoms with Crippen molar-refractivity contribution in [2.45, 2.75) is 37.0 Å². The van der Waals surface area contributed by atoms with E-state index in [2.05, 4.69) is 60.2 Å². The Bertz CT molecular complexity index is 377.